The van der Waals surface area contributed by atoms with E-state index in [0.29, 0.717) is 13.0 Å². The van der Waals surface area contributed by atoms with Crippen LogP contribution >= 0.6 is 0 Å². The summed E-state index contributed by atoms with van der Waals surface area (Å²) < 4.78 is 3.51. The molecule has 1 aromatic rings. The maximum atomic E-state index is 10.5. The smallest absolute Gasteiger partial charge is 0.346 e. The van der Waals surface area contributed by atoms with E-state index in [-0.39, 0.29) is 6.54 Å². The van der Waals surface area contributed by atoms with E-state index >= 15 is 0 Å². The average Bonchev–Trinajstić information content (AvgIpc) is 2.45. The molecule has 0 radical (unpaired) electrons. The Kier molecular flexibility index (Phi) is 3.24. The maximum absolute atomic E-state index is 10.5. The predicted molar refractivity (Wildman–Crippen MR) is 47.2 cm³/mol. The normalized spacial score (nSPS) is 9.71. The molecule has 0 saturated carbocycles. The van der Waals surface area contributed by atoms with Crippen LogP contribution in [0.4, 0.5) is 0 Å². The number of nitriles is 1. The Hall–Kier alpha value is -1.83. The molecule has 0 atom stereocenters. The first-order chi connectivity index (χ1) is 6.65. The molecule has 0 aliphatic rings. The maximum Gasteiger partial charge on any atom is 0.346 e. The van der Waals surface area contributed by atoms with Crippen LogP contribution in [0.5, 0.6) is 0 Å². The Labute approximate surface area is 81.8 Å². The van der Waals surface area contributed by atoms with Gasteiger partial charge >= 0.3 is 5.97 Å². The molecule has 1 N–H and O–H groups in total. The summed E-state index contributed by atoms with van der Waals surface area (Å²) >= 11 is 0. The lowest BCUT2D eigenvalue weighted by Gasteiger charge is -1.96. The summed E-state index contributed by atoms with van der Waals surface area (Å²) in [4.78, 5) is 10.5. The number of carboxylic acid groups (broad SMARTS) is 1. The van der Waals surface area contributed by atoms with Crippen LogP contribution in [0.2, 0.25) is 0 Å². The van der Waals surface area contributed by atoms with E-state index < -0.39 is 5.97 Å². The average molecular weight is 194 g/mol. The van der Waals surface area contributed by atoms with Crippen molar-refractivity contribution in [3.8, 4) is 6.07 Å². The topological polar surface area (TPSA) is 69.9 Å². The van der Waals surface area contributed by atoms with Gasteiger partial charge in [-0.3, -0.25) is 0 Å². The van der Waals surface area contributed by atoms with Gasteiger partial charge in [0, 0.05) is 6.92 Å². The molecule has 0 aromatic carbocycles. The first kappa shape index (κ1) is 10.3. The van der Waals surface area contributed by atoms with Crippen molar-refractivity contribution in [2.45, 2.75) is 26.4 Å². The molecule has 0 aliphatic heterocycles. The standard InChI is InChI=1S/C9H11N3O2/c1-8-11(4-2-3-10)5-6-12(8)7-9(13)14/h5-6H,2,4,7H2,1H3/p+1. The minimum atomic E-state index is -0.865. The van der Waals surface area contributed by atoms with E-state index in [1.165, 1.54) is 0 Å². The third kappa shape index (κ3) is 2.33. The Morgan fingerprint density at radius 2 is 2.50 bits per heavy atom. The molecule has 1 heterocycles. The first-order valence-corrected chi connectivity index (χ1v) is 4.29. The highest BCUT2D eigenvalue weighted by Crippen LogP contribution is 1.95. The fourth-order valence-electron chi connectivity index (χ4n) is 1.26. The van der Waals surface area contributed by atoms with Crippen molar-refractivity contribution in [3.63, 3.8) is 0 Å². The highest BCUT2D eigenvalue weighted by Gasteiger charge is 2.13. The van der Waals surface area contributed by atoms with Gasteiger partial charge in [-0.15, -0.1) is 0 Å². The molecule has 14 heavy (non-hydrogen) atoms. The zero-order valence-corrected chi connectivity index (χ0v) is 7.97. The zero-order chi connectivity index (χ0) is 10.6. The number of aliphatic carboxylic acids is 1. The second kappa shape index (κ2) is 4.42. The first-order valence-electron chi connectivity index (χ1n) is 4.29. The molecule has 1 rings (SSSR count). The lowest BCUT2D eigenvalue weighted by Crippen LogP contribution is -2.39. The fourth-order valence-corrected chi connectivity index (χ4v) is 1.26. The molecule has 5 nitrogen and oxygen atoms in total. The number of hydrogen-bond acceptors (Lipinski definition) is 2. The summed E-state index contributed by atoms with van der Waals surface area (Å²) in [5.41, 5.74) is 0. The van der Waals surface area contributed by atoms with E-state index in [2.05, 4.69) is 0 Å². The number of aromatic nitrogens is 2. The third-order valence-corrected chi connectivity index (χ3v) is 2.03. The van der Waals surface area contributed by atoms with Gasteiger partial charge in [0.1, 0.15) is 18.9 Å². The van der Waals surface area contributed by atoms with Crippen LogP contribution in [-0.4, -0.2) is 15.6 Å². The van der Waals surface area contributed by atoms with E-state index in [1.54, 1.807) is 17.0 Å². The molecule has 74 valence electrons. The van der Waals surface area contributed by atoms with E-state index in [9.17, 15) is 4.79 Å². The number of aryl methyl sites for hydroxylation is 1. The molecular weight excluding hydrogens is 182 g/mol. The molecule has 0 aliphatic carbocycles. The summed E-state index contributed by atoms with van der Waals surface area (Å²) in [6.45, 7) is 2.40. The minimum Gasteiger partial charge on any atom is -0.478 e. The highest BCUT2D eigenvalue weighted by atomic mass is 16.4. The number of rotatable bonds is 4. The molecule has 0 saturated heterocycles. The lowest BCUT2D eigenvalue weighted by molar-refractivity contribution is -0.691. The van der Waals surface area contributed by atoms with Crippen LogP contribution in [0.3, 0.4) is 0 Å². The Morgan fingerprint density at radius 1 is 1.79 bits per heavy atom. The van der Waals surface area contributed by atoms with Gasteiger partial charge in [-0.2, -0.15) is 5.26 Å². The van der Waals surface area contributed by atoms with E-state index in [1.807, 2.05) is 17.6 Å². The van der Waals surface area contributed by atoms with E-state index in [0.717, 1.165) is 5.82 Å². The monoisotopic (exact) mass is 194 g/mol. The van der Waals surface area contributed by atoms with Crippen LogP contribution in [0.25, 0.3) is 0 Å². The van der Waals surface area contributed by atoms with Crippen molar-refractivity contribution >= 4 is 5.97 Å². The summed E-state index contributed by atoms with van der Waals surface area (Å²) in [6.07, 6.45) is 3.93. The number of nitrogens with zero attached hydrogens (tertiary/aromatic N) is 3. The molecule has 0 spiro atoms. The van der Waals surface area contributed by atoms with E-state index in [4.69, 9.17) is 10.4 Å². The van der Waals surface area contributed by atoms with Crippen molar-refractivity contribution in [2.75, 3.05) is 0 Å². The second-order valence-electron chi connectivity index (χ2n) is 2.97. The summed E-state index contributed by atoms with van der Waals surface area (Å²) in [7, 11) is 0. The minimum absolute atomic E-state index is 0.0363. The summed E-state index contributed by atoms with van der Waals surface area (Å²) in [5.74, 6) is -0.0150. The number of hydrogen-bond donors (Lipinski definition) is 1. The molecule has 5 heteroatoms. The van der Waals surface area contributed by atoms with Gasteiger partial charge in [0.25, 0.3) is 5.82 Å². The van der Waals surface area contributed by atoms with Crippen LogP contribution in [-0.2, 0) is 17.9 Å². The highest BCUT2D eigenvalue weighted by molar-refractivity contribution is 5.64. The van der Waals surface area contributed by atoms with Crippen molar-refractivity contribution in [3.05, 3.63) is 18.2 Å². The second-order valence-corrected chi connectivity index (χ2v) is 2.97. The van der Waals surface area contributed by atoms with Gasteiger partial charge in [-0.1, -0.05) is 0 Å². The van der Waals surface area contributed by atoms with Crippen LogP contribution in [0.15, 0.2) is 12.4 Å². The number of carboxylic acids is 1. The SMILES string of the molecule is Cc1n(CCC#N)cc[n+]1CC(=O)O. The number of carbonyl (C=O) groups is 1. The molecular formula is C9H12N3O2+. The van der Waals surface area contributed by atoms with Crippen LogP contribution in [0, 0.1) is 18.3 Å². The van der Waals surface area contributed by atoms with Crippen molar-refractivity contribution in [2.24, 2.45) is 0 Å². The molecule has 0 unspecified atom stereocenters. The molecule has 0 bridgehead atoms. The van der Waals surface area contributed by atoms with Crippen LogP contribution < -0.4 is 4.57 Å². The van der Waals surface area contributed by atoms with Gasteiger partial charge in [-0.25, -0.2) is 13.9 Å². The van der Waals surface area contributed by atoms with Gasteiger partial charge in [-0.05, 0) is 0 Å². The molecule has 1 aromatic heterocycles. The van der Waals surface area contributed by atoms with Gasteiger partial charge in [0.05, 0.1) is 12.5 Å². The van der Waals surface area contributed by atoms with Crippen molar-refractivity contribution in [1.82, 2.24) is 4.57 Å². The van der Waals surface area contributed by atoms with Crippen molar-refractivity contribution in [1.29, 1.82) is 5.26 Å². The Morgan fingerprint density at radius 3 is 3.07 bits per heavy atom. The van der Waals surface area contributed by atoms with Crippen molar-refractivity contribution < 1.29 is 14.5 Å². The quantitative estimate of drug-likeness (QED) is 0.690. The van der Waals surface area contributed by atoms with Gasteiger partial charge < -0.3 is 5.11 Å². The molecule has 0 amide bonds. The van der Waals surface area contributed by atoms with Gasteiger partial charge in [0.2, 0.25) is 0 Å². The summed E-state index contributed by atoms with van der Waals surface area (Å²) in [6, 6.07) is 2.05. The Bertz CT molecular complexity index is 376. The zero-order valence-electron chi connectivity index (χ0n) is 7.97. The van der Waals surface area contributed by atoms with Gasteiger partial charge in [0.15, 0.2) is 6.54 Å². The third-order valence-electron chi connectivity index (χ3n) is 2.03. The van der Waals surface area contributed by atoms with Crippen LogP contribution in [0.1, 0.15) is 12.2 Å². The predicted octanol–water partition coefficient (Wildman–Crippen LogP) is 0.0823. The number of imidazole rings is 1. The lowest BCUT2D eigenvalue weighted by atomic mass is 10.4. The Balaban J connectivity index is 2.75. The molecule has 0 fully saturated rings. The summed E-state index contributed by atoms with van der Waals surface area (Å²) in [5, 5.41) is 17.0. The fraction of sp³-hybridized carbons (Fsp3) is 0.444. The largest absolute Gasteiger partial charge is 0.478 e.